The number of hydrogen-bond acceptors (Lipinski definition) is 5. The molecule has 7 nitrogen and oxygen atoms in total. The van der Waals surface area contributed by atoms with Crippen molar-refractivity contribution in [2.24, 2.45) is 5.92 Å². The fourth-order valence-corrected chi connectivity index (χ4v) is 4.92. The minimum atomic E-state index is 0.0961. The van der Waals surface area contributed by atoms with Crippen molar-refractivity contribution in [3.05, 3.63) is 29.8 Å². The highest BCUT2D eigenvalue weighted by atomic mass is 32.2. The topological polar surface area (TPSA) is 71.3 Å². The summed E-state index contributed by atoms with van der Waals surface area (Å²) in [4.78, 5) is 28.9. The molecule has 2 heterocycles. The Morgan fingerprint density at radius 3 is 2.40 bits per heavy atom. The molecule has 1 aromatic carbocycles. The van der Waals surface area contributed by atoms with Crippen LogP contribution in [-0.2, 0) is 16.1 Å². The molecule has 0 spiro atoms. The first kappa shape index (κ1) is 20.9. The highest BCUT2D eigenvalue weighted by molar-refractivity contribution is 7.99. The third kappa shape index (κ3) is 4.24. The van der Waals surface area contributed by atoms with Crippen LogP contribution in [0.5, 0.6) is 0 Å². The lowest BCUT2D eigenvalue weighted by atomic mass is 9.84. The molecule has 30 heavy (non-hydrogen) atoms. The Bertz CT molecular complexity index is 916. The number of benzene rings is 1. The quantitative estimate of drug-likeness (QED) is 0.663. The van der Waals surface area contributed by atoms with Gasteiger partial charge in [0.25, 0.3) is 0 Å². The van der Waals surface area contributed by atoms with Crippen LogP contribution < -0.4 is 0 Å². The van der Waals surface area contributed by atoms with Gasteiger partial charge >= 0.3 is 0 Å². The second-order valence-electron chi connectivity index (χ2n) is 7.99. The smallest absolute Gasteiger partial charge is 0.233 e. The highest BCUT2D eigenvalue weighted by Crippen LogP contribution is 2.29. The number of piperazine rings is 1. The van der Waals surface area contributed by atoms with Gasteiger partial charge in [0, 0.05) is 44.2 Å². The number of amides is 2. The second-order valence-corrected chi connectivity index (χ2v) is 8.93. The zero-order chi connectivity index (χ0) is 21.1. The lowest BCUT2D eigenvalue weighted by Gasteiger charge is -2.38. The van der Waals surface area contributed by atoms with Crippen molar-refractivity contribution in [1.29, 1.82) is 0 Å². The Balaban J connectivity index is 1.33. The van der Waals surface area contributed by atoms with Gasteiger partial charge in [0.15, 0.2) is 11.0 Å². The maximum atomic E-state index is 12.7. The molecule has 160 valence electrons. The van der Waals surface area contributed by atoms with Gasteiger partial charge in [-0.3, -0.25) is 9.59 Å². The molecule has 2 aromatic rings. The average Bonchev–Trinajstić information content (AvgIpc) is 3.13. The minimum Gasteiger partial charge on any atom is -0.339 e. The fraction of sp³-hybridized carbons (Fsp3) is 0.545. The number of thioether (sulfide) groups is 1. The van der Waals surface area contributed by atoms with Gasteiger partial charge in [-0.2, -0.15) is 0 Å². The zero-order valence-corrected chi connectivity index (χ0v) is 18.5. The van der Waals surface area contributed by atoms with E-state index in [2.05, 4.69) is 40.7 Å². The molecule has 0 radical (unpaired) electrons. The molecule has 0 bridgehead atoms. The molecule has 0 unspecified atom stereocenters. The molecule has 2 amide bonds. The van der Waals surface area contributed by atoms with E-state index < -0.39 is 0 Å². The Hall–Kier alpha value is -2.35. The lowest BCUT2D eigenvalue weighted by molar-refractivity contribution is -0.143. The lowest BCUT2D eigenvalue weighted by Crippen LogP contribution is -2.53. The Kier molecular flexibility index (Phi) is 6.41. The third-order valence-corrected chi connectivity index (χ3v) is 7.09. The standard InChI is InChI=1S/C22H29N5O2S/c1-3-27-20(18-10-5-4-7-16(18)2)23-24-22(27)30-15-19(28)25-11-13-26(14-12-25)21(29)17-8-6-9-17/h4-5,7,10,17H,3,6,8-9,11-15H2,1-2H3. The Morgan fingerprint density at radius 2 is 1.77 bits per heavy atom. The van der Waals surface area contributed by atoms with Crippen molar-refractivity contribution in [1.82, 2.24) is 24.6 Å². The number of carbonyl (C=O) groups is 2. The minimum absolute atomic E-state index is 0.0961. The SMILES string of the molecule is CCn1c(SCC(=O)N2CCN(C(=O)C3CCC3)CC2)nnc1-c1ccccc1C. The van der Waals surface area contributed by atoms with Crippen molar-refractivity contribution >= 4 is 23.6 Å². The molecular formula is C22H29N5O2S. The average molecular weight is 428 g/mol. The van der Waals surface area contributed by atoms with Crippen LogP contribution in [0.25, 0.3) is 11.4 Å². The van der Waals surface area contributed by atoms with E-state index in [9.17, 15) is 9.59 Å². The van der Waals surface area contributed by atoms with Crippen LogP contribution in [0, 0.1) is 12.8 Å². The number of hydrogen-bond donors (Lipinski definition) is 0. The van der Waals surface area contributed by atoms with E-state index in [-0.39, 0.29) is 17.7 Å². The van der Waals surface area contributed by atoms with Crippen LogP contribution in [0.2, 0.25) is 0 Å². The van der Waals surface area contributed by atoms with Gasteiger partial charge in [-0.1, -0.05) is 42.4 Å². The van der Waals surface area contributed by atoms with E-state index in [0.717, 1.165) is 41.5 Å². The van der Waals surface area contributed by atoms with E-state index in [1.807, 2.05) is 21.9 Å². The van der Waals surface area contributed by atoms with E-state index in [0.29, 0.717) is 31.9 Å². The fourth-order valence-electron chi connectivity index (χ4n) is 4.01. The summed E-state index contributed by atoms with van der Waals surface area (Å²) >= 11 is 1.44. The van der Waals surface area contributed by atoms with Crippen LogP contribution in [-0.4, -0.2) is 68.3 Å². The molecule has 2 fully saturated rings. The van der Waals surface area contributed by atoms with E-state index in [1.54, 1.807) is 0 Å². The van der Waals surface area contributed by atoms with Crippen molar-refractivity contribution < 1.29 is 9.59 Å². The number of aryl methyl sites for hydroxylation is 1. The molecule has 1 aliphatic carbocycles. The molecule has 8 heteroatoms. The summed E-state index contributed by atoms with van der Waals surface area (Å²) in [6.45, 7) is 7.41. The molecular weight excluding hydrogens is 398 g/mol. The van der Waals surface area contributed by atoms with Crippen LogP contribution in [0.3, 0.4) is 0 Å². The molecule has 4 rings (SSSR count). The van der Waals surface area contributed by atoms with Crippen LogP contribution in [0.1, 0.15) is 31.7 Å². The summed E-state index contributed by atoms with van der Waals surface area (Å²) in [6.07, 6.45) is 3.22. The molecule has 1 aromatic heterocycles. The molecule has 2 aliphatic rings. The largest absolute Gasteiger partial charge is 0.339 e. The molecule has 0 atom stereocenters. The maximum Gasteiger partial charge on any atom is 0.233 e. The molecule has 1 saturated carbocycles. The number of rotatable bonds is 6. The summed E-state index contributed by atoms with van der Waals surface area (Å²) in [5.74, 6) is 1.78. The van der Waals surface area contributed by atoms with Crippen molar-refractivity contribution in [2.75, 3.05) is 31.9 Å². The summed E-state index contributed by atoms with van der Waals surface area (Å²) in [7, 11) is 0. The first-order chi connectivity index (χ1) is 14.6. The third-order valence-electron chi connectivity index (χ3n) is 6.14. The van der Waals surface area contributed by atoms with Crippen LogP contribution in [0.4, 0.5) is 0 Å². The zero-order valence-electron chi connectivity index (χ0n) is 17.7. The van der Waals surface area contributed by atoms with Crippen LogP contribution in [0.15, 0.2) is 29.4 Å². The number of aromatic nitrogens is 3. The number of nitrogens with zero attached hydrogens (tertiary/aromatic N) is 5. The van der Waals surface area contributed by atoms with Crippen molar-refractivity contribution in [3.8, 4) is 11.4 Å². The van der Waals surface area contributed by atoms with Crippen molar-refractivity contribution in [2.45, 2.75) is 44.8 Å². The van der Waals surface area contributed by atoms with Gasteiger partial charge in [0.05, 0.1) is 5.75 Å². The van der Waals surface area contributed by atoms with Gasteiger partial charge in [-0.15, -0.1) is 10.2 Å². The van der Waals surface area contributed by atoms with Gasteiger partial charge in [-0.25, -0.2) is 0 Å². The number of carbonyl (C=O) groups excluding carboxylic acids is 2. The predicted octanol–water partition coefficient (Wildman–Crippen LogP) is 2.84. The second kappa shape index (κ2) is 9.20. The van der Waals surface area contributed by atoms with Gasteiger partial charge < -0.3 is 14.4 Å². The van der Waals surface area contributed by atoms with Gasteiger partial charge in [0.1, 0.15) is 0 Å². The van der Waals surface area contributed by atoms with Gasteiger partial charge in [0.2, 0.25) is 11.8 Å². The van der Waals surface area contributed by atoms with E-state index in [4.69, 9.17) is 0 Å². The molecule has 0 N–H and O–H groups in total. The first-order valence-electron chi connectivity index (χ1n) is 10.8. The summed E-state index contributed by atoms with van der Waals surface area (Å²) in [6, 6.07) is 8.13. The summed E-state index contributed by atoms with van der Waals surface area (Å²) < 4.78 is 2.06. The van der Waals surface area contributed by atoms with E-state index >= 15 is 0 Å². The molecule has 1 saturated heterocycles. The molecule has 1 aliphatic heterocycles. The summed E-state index contributed by atoms with van der Waals surface area (Å²) in [5.41, 5.74) is 2.22. The van der Waals surface area contributed by atoms with E-state index in [1.165, 1.54) is 18.2 Å². The summed E-state index contributed by atoms with van der Waals surface area (Å²) in [5, 5.41) is 9.50. The van der Waals surface area contributed by atoms with Gasteiger partial charge in [-0.05, 0) is 32.3 Å². The first-order valence-corrected chi connectivity index (χ1v) is 11.8. The predicted molar refractivity (Wildman–Crippen MR) is 117 cm³/mol. The maximum absolute atomic E-state index is 12.7. The monoisotopic (exact) mass is 427 g/mol. The van der Waals surface area contributed by atoms with Crippen LogP contribution >= 0.6 is 11.8 Å². The van der Waals surface area contributed by atoms with Crippen molar-refractivity contribution in [3.63, 3.8) is 0 Å². The normalized spacial score (nSPS) is 17.1. The Morgan fingerprint density at radius 1 is 1.07 bits per heavy atom. The Labute approximate surface area is 181 Å². The highest BCUT2D eigenvalue weighted by Gasteiger charge is 2.32.